The number of aliphatic hydroxyl groups is 1. The molecule has 0 aliphatic carbocycles. The summed E-state index contributed by atoms with van der Waals surface area (Å²) in [4.78, 5) is 0. The molecule has 0 radical (unpaired) electrons. The highest BCUT2D eigenvalue weighted by atomic mass is 16.2. The van der Waals surface area contributed by atoms with Gasteiger partial charge in [0, 0.05) is 6.61 Å². The fraction of sp³-hybridized carbons (Fsp3) is 0.571. The Morgan fingerprint density at radius 3 is 2.00 bits per heavy atom. The average molecular weight is 208 g/mol. The third-order valence-corrected chi connectivity index (χ3v) is 2.06. The van der Waals surface area contributed by atoms with E-state index in [1.807, 2.05) is 0 Å². The summed E-state index contributed by atoms with van der Waals surface area (Å²) >= 11 is 0. The van der Waals surface area contributed by atoms with Crippen LogP contribution in [0.4, 0.5) is 0 Å². The molecule has 0 aromatic heterocycles. The topological polar surface area (TPSA) is 20.2 Å². The van der Waals surface area contributed by atoms with Crippen LogP contribution in [-0.2, 0) is 0 Å². The Balaban J connectivity index is 3.24. The molecular weight excluding hydrogens is 184 g/mol. The van der Waals surface area contributed by atoms with Crippen LogP contribution in [-0.4, -0.2) is 11.7 Å². The van der Waals surface area contributed by atoms with Gasteiger partial charge >= 0.3 is 0 Å². The molecule has 0 rings (SSSR count). The Morgan fingerprint density at radius 2 is 1.40 bits per heavy atom. The lowest BCUT2D eigenvalue weighted by Crippen LogP contribution is -1.79. The molecule has 0 saturated heterocycles. The lowest BCUT2D eigenvalue weighted by Gasteiger charge is -1.90. The molecule has 0 aliphatic rings. The van der Waals surface area contributed by atoms with Crippen LogP contribution in [0.1, 0.15) is 45.4 Å². The van der Waals surface area contributed by atoms with Gasteiger partial charge in [0.05, 0.1) is 0 Å². The van der Waals surface area contributed by atoms with Crippen LogP contribution in [0.5, 0.6) is 0 Å². The monoisotopic (exact) mass is 208 g/mol. The minimum absolute atomic E-state index is 0.317. The molecule has 15 heavy (non-hydrogen) atoms. The van der Waals surface area contributed by atoms with Crippen molar-refractivity contribution in [1.82, 2.24) is 0 Å². The molecule has 0 aliphatic heterocycles. The molecule has 1 nitrogen and oxygen atoms in total. The minimum atomic E-state index is 0.317. The van der Waals surface area contributed by atoms with Gasteiger partial charge in [-0.25, -0.2) is 0 Å². The maximum atomic E-state index is 8.57. The first kappa shape index (κ1) is 14.2. The molecule has 0 aromatic carbocycles. The second kappa shape index (κ2) is 13.2. The fourth-order valence-corrected chi connectivity index (χ4v) is 1.20. The van der Waals surface area contributed by atoms with Gasteiger partial charge in [-0.3, -0.25) is 0 Å². The average Bonchev–Trinajstić information content (AvgIpc) is 2.26. The molecule has 0 saturated carbocycles. The molecule has 1 heteroatoms. The van der Waals surface area contributed by atoms with Gasteiger partial charge in [0.15, 0.2) is 0 Å². The number of aliphatic hydroxyl groups excluding tert-OH is 1. The van der Waals surface area contributed by atoms with Crippen LogP contribution in [0.2, 0.25) is 0 Å². The van der Waals surface area contributed by atoms with Crippen LogP contribution in [0, 0.1) is 0 Å². The summed E-state index contributed by atoms with van der Waals surface area (Å²) in [5.74, 6) is 0. The summed E-state index contributed by atoms with van der Waals surface area (Å²) in [7, 11) is 0. The van der Waals surface area contributed by atoms with E-state index < -0.39 is 0 Å². The fourth-order valence-electron chi connectivity index (χ4n) is 1.20. The summed E-state index contributed by atoms with van der Waals surface area (Å²) in [5, 5.41) is 8.57. The number of allylic oxidation sites excluding steroid dienone is 6. The third kappa shape index (κ3) is 13.2. The normalized spacial score (nSPS) is 12.4. The summed E-state index contributed by atoms with van der Waals surface area (Å²) in [6.07, 6.45) is 19.5. The van der Waals surface area contributed by atoms with Crippen molar-refractivity contribution < 1.29 is 5.11 Å². The maximum absolute atomic E-state index is 8.57. The predicted molar refractivity (Wildman–Crippen MR) is 67.9 cm³/mol. The molecule has 0 fully saturated rings. The van der Waals surface area contributed by atoms with Crippen molar-refractivity contribution >= 4 is 0 Å². The van der Waals surface area contributed by atoms with E-state index in [1.165, 1.54) is 0 Å². The highest BCUT2D eigenvalue weighted by Crippen LogP contribution is 1.97. The zero-order valence-corrected chi connectivity index (χ0v) is 9.86. The van der Waals surface area contributed by atoms with Crippen LogP contribution in [0.3, 0.4) is 0 Å². The van der Waals surface area contributed by atoms with Gasteiger partial charge in [-0.05, 0) is 38.5 Å². The molecule has 0 amide bonds. The van der Waals surface area contributed by atoms with E-state index in [9.17, 15) is 0 Å². The lowest BCUT2D eigenvalue weighted by atomic mass is 10.2. The van der Waals surface area contributed by atoms with E-state index >= 15 is 0 Å². The van der Waals surface area contributed by atoms with Gasteiger partial charge in [-0.15, -0.1) is 0 Å². The van der Waals surface area contributed by atoms with Gasteiger partial charge in [0.25, 0.3) is 0 Å². The van der Waals surface area contributed by atoms with Gasteiger partial charge in [0.1, 0.15) is 0 Å². The first-order chi connectivity index (χ1) is 7.41. The van der Waals surface area contributed by atoms with Crippen LogP contribution in [0.25, 0.3) is 0 Å². The number of rotatable bonds is 9. The standard InChI is InChI=1S/C14H24O/c1-2-3-4-5-6-7-8-9-10-11-12-13-14-15/h3-4,6-7,9-10,15H,2,5,8,11-14H2,1H3. The second-order valence-corrected chi connectivity index (χ2v) is 3.51. The van der Waals surface area contributed by atoms with E-state index in [2.05, 4.69) is 43.4 Å². The summed E-state index contributed by atoms with van der Waals surface area (Å²) in [6, 6.07) is 0. The number of unbranched alkanes of at least 4 members (excludes halogenated alkanes) is 2. The van der Waals surface area contributed by atoms with Crippen molar-refractivity contribution in [2.75, 3.05) is 6.61 Å². The largest absolute Gasteiger partial charge is 0.396 e. The summed E-state index contributed by atoms with van der Waals surface area (Å²) in [6.45, 7) is 2.47. The van der Waals surface area contributed by atoms with Gasteiger partial charge < -0.3 is 5.11 Å². The Labute approximate surface area is 94.2 Å². The van der Waals surface area contributed by atoms with Crippen LogP contribution in [0.15, 0.2) is 36.5 Å². The lowest BCUT2D eigenvalue weighted by molar-refractivity contribution is 0.285. The highest BCUT2D eigenvalue weighted by Gasteiger charge is 1.81. The van der Waals surface area contributed by atoms with E-state index in [0.717, 1.165) is 38.5 Å². The van der Waals surface area contributed by atoms with E-state index in [4.69, 9.17) is 5.11 Å². The van der Waals surface area contributed by atoms with Gasteiger partial charge in [-0.1, -0.05) is 43.4 Å². The molecule has 0 bridgehead atoms. The second-order valence-electron chi connectivity index (χ2n) is 3.51. The zero-order chi connectivity index (χ0) is 11.2. The van der Waals surface area contributed by atoms with E-state index in [0.29, 0.717) is 6.61 Å². The highest BCUT2D eigenvalue weighted by molar-refractivity contribution is 4.96. The van der Waals surface area contributed by atoms with Crippen molar-refractivity contribution in [2.45, 2.75) is 45.4 Å². The maximum Gasteiger partial charge on any atom is 0.0431 e. The van der Waals surface area contributed by atoms with Crippen molar-refractivity contribution in [2.24, 2.45) is 0 Å². The summed E-state index contributed by atoms with van der Waals surface area (Å²) in [5.41, 5.74) is 0. The predicted octanol–water partition coefficient (Wildman–Crippen LogP) is 4.01. The number of hydrogen-bond acceptors (Lipinski definition) is 1. The minimum Gasteiger partial charge on any atom is -0.396 e. The van der Waals surface area contributed by atoms with Crippen LogP contribution >= 0.6 is 0 Å². The molecule has 0 aromatic rings. The van der Waals surface area contributed by atoms with Gasteiger partial charge in [0.2, 0.25) is 0 Å². The molecule has 86 valence electrons. The zero-order valence-electron chi connectivity index (χ0n) is 9.86. The quantitative estimate of drug-likeness (QED) is 0.448. The molecular formula is C14H24O. The van der Waals surface area contributed by atoms with E-state index in [-0.39, 0.29) is 0 Å². The number of hydrogen-bond donors (Lipinski definition) is 1. The van der Waals surface area contributed by atoms with Crippen molar-refractivity contribution in [1.29, 1.82) is 0 Å². The smallest absolute Gasteiger partial charge is 0.0431 e. The molecule has 1 N–H and O–H groups in total. The summed E-state index contributed by atoms with van der Waals surface area (Å²) < 4.78 is 0. The molecule has 0 heterocycles. The van der Waals surface area contributed by atoms with E-state index in [1.54, 1.807) is 0 Å². The van der Waals surface area contributed by atoms with Crippen LogP contribution < -0.4 is 0 Å². The van der Waals surface area contributed by atoms with Crippen molar-refractivity contribution in [3.63, 3.8) is 0 Å². The van der Waals surface area contributed by atoms with Crippen molar-refractivity contribution in [3.8, 4) is 0 Å². The molecule has 0 spiro atoms. The first-order valence-electron chi connectivity index (χ1n) is 5.97. The Bertz CT molecular complexity index is 190. The first-order valence-corrected chi connectivity index (χ1v) is 5.97. The Hall–Kier alpha value is -0.820. The van der Waals surface area contributed by atoms with Crippen molar-refractivity contribution in [3.05, 3.63) is 36.5 Å². The molecule has 0 atom stereocenters. The Morgan fingerprint density at radius 1 is 0.800 bits per heavy atom. The third-order valence-electron chi connectivity index (χ3n) is 2.06. The SMILES string of the molecule is CCC=CCC=CCC=CCCCCO. The Kier molecular flexibility index (Phi) is 12.5. The van der Waals surface area contributed by atoms with Gasteiger partial charge in [-0.2, -0.15) is 0 Å². The molecule has 0 unspecified atom stereocenters.